The molecule has 92 valence electrons. The molecule has 0 spiro atoms. The van der Waals surface area contributed by atoms with Gasteiger partial charge in [-0.15, -0.1) is 6.42 Å². The lowest BCUT2D eigenvalue weighted by Gasteiger charge is -2.37. The van der Waals surface area contributed by atoms with E-state index < -0.39 is 29.3 Å². The molecule has 1 saturated heterocycles. The number of rotatable bonds is 3. The molecule has 1 aliphatic rings. The van der Waals surface area contributed by atoms with Gasteiger partial charge in [-0.3, -0.25) is 14.9 Å². The zero-order chi connectivity index (χ0) is 13.2. The Bertz CT molecular complexity index is 406. The maximum atomic E-state index is 12.1. The van der Waals surface area contributed by atoms with E-state index in [0.717, 1.165) is 4.90 Å². The molecule has 0 bridgehead atoms. The lowest BCUT2D eigenvalue weighted by Crippen LogP contribution is -2.63. The van der Waals surface area contributed by atoms with Gasteiger partial charge < -0.3 is 0 Å². The second-order valence-electron chi connectivity index (χ2n) is 4.51. The van der Waals surface area contributed by atoms with Crippen molar-refractivity contribution < 1.29 is 14.4 Å². The minimum atomic E-state index is -1.03. The van der Waals surface area contributed by atoms with Crippen molar-refractivity contribution in [2.45, 2.75) is 39.2 Å². The van der Waals surface area contributed by atoms with E-state index in [4.69, 9.17) is 6.42 Å². The van der Waals surface area contributed by atoms with Crippen LogP contribution in [0.3, 0.4) is 0 Å². The Hall–Kier alpha value is -1.83. The zero-order valence-corrected chi connectivity index (χ0v) is 10.2. The SMILES string of the molecule is C#CC(C)(C)N1C(=O)NC(=O)C(CCC)C1=O. The van der Waals surface area contributed by atoms with Gasteiger partial charge in [0.25, 0.3) is 0 Å². The number of carbonyl (C=O) groups excluding carboxylic acids is 3. The summed E-state index contributed by atoms with van der Waals surface area (Å²) in [5.74, 6) is 0.521. The van der Waals surface area contributed by atoms with Crippen LogP contribution in [0.1, 0.15) is 33.6 Å². The van der Waals surface area contributed by atoms with E-state index in [-0.39, 0.29) is 0 Å². The smallest absolute Gasteiger partial charge is 0.277 e. The highest BCUT2D eigenvalue weighted by Gasteiger charge is 2.45. The number of nitrogens with zero attached hydrogens (tertiary/aromatic N) is 1. The van der Waals surface area contributed by atoms with Gasteiger partial charge in [0.05, 0.1) is 0 Å². The average molecular weight is 236 g/mol. The van der Waals surface area contributed by atoms with E-state index in [2.05, 4.69) is 11.2 Å². The highest BCUT2D eigenvalue weighted by molar-refractivity contribution is 6.16. The van der Waals surface area contributed by atoms with E-state index in [9.17, 15) is 14.4 Å². The fourth-order valence-electron chi connectivity index (χ4n) is 1.75. The molecule has 5 heteroatoms. The Morgan fingerprint density at radius 2 is 2.00 bits per heavy atom. The van der Waals surface area contributed by atoms with Crippen LogP contribution in [-0.4, -0.2) is 28.3 Å². The van der Waals surface area contributed by atoms with Gasteiger partial charge in [0, 0.05) is 0 Å². The summed E-state index contributed by atoms with van der Waals surface area (Å²) in [5, 5.41) is 2.17. The molecule has 1 rings (SSSR count). The molecule has 1 N–H and O–H groups in total. The number of amides is 4. The van der Waals surface area contributed by atoms with Crippen molar-refractivity contribution in [2.75, 3.05) is 0 Å². The van der Waals surface area contributed by atoms with Gasteiger partial charge in [0.1, 0.15) is 11.5 Å². The van der Waals surface area contributed by atoms with Crippen molar-refractivity contribution in [3.8, 4) is 12.3 Å². The highest BCUT2D eigenvalue weighted by atomic mass is 16.2. The molecule has 1 heterocycles. The van der Waals surface area contributed by atoms with Crippen molar-refractivity contribution in [1.82, 2.24) is 10.2 Å². The monoisotopic (exact) mass is 236 g/mol. The number of terminal acetylenes is 1. The van der Waals surface area contributed by atoms with Gasteiger partial charge in [-0.25, -0.2) is 9.69 Å². The zero-order valence-electron chi connectivity index (χ0n) is 10.2. The minimum absolute atomic E-state index is 0.412. The number of carbonyl (C=O) groups is 3. The number of imide groups is 2. The van der Waals surface area contributed by atoms with Gasteiger partial charge in [0.15, 0.2) is 0 Å². The lowest BCUT2D eigenvalue weighted by molar-refractivity contribution is -0.145. The third-order valence-corrected chi connectivity index (χ3v) is 2.76. The number of hydrogen-bond acceptors (Lipinski definition) is 3. The van der Waals surface area contributed by atoms with E-state index in [1.165, 1.54) is 0 Å². The summed E-state index contributed by atoms with van der Waals surface area (Å²) >= 11 is 0. The van der Waals surface area contributed by atoms with Crippen molar-refractivity contribution in [1.29, 1.82) is 0 Å². The fraction of sp³-hybridized carbons (Fsp3) is 0.583. The largest absolute Gasteiger partial charge is 0.332 e. The van der Waals surface area contributed by atoms with Crippen LogP contribution < -0.4 is 5.32 Å². The van der Waals surface area contributed by atoms with Gasteiger partial charge in [0.2, 0.25) is 11.8 Å². The summed E-state index contributed by atoms with van der Waals surface area (Å²) in [4.78, 5) is 36.2. The molecule has 5 nitrogen and oxygen atoms in total. The number of urea groups is 1. The van der Waals surface area contributed by atoms with Crippen LogP contribution in [0.4, 0.5) is 4.79 Å². The normalized spacial score (nSPS) is 21.2. The van der Waals surface area contributed by atoms with E-state index in [1.54, 1.807) is 13.8 Å². The van der Waals surface area contributed by atoms with Crippen LogP contribution in [0.5, 0.6) is 0 Å². The van der Waals surface area contributed by atoms with Crippen LogP contribution >= 0.6 is 0 Å². The average Bonchev–Trinajstić information content (AvgIpc) is 2.23. The third kappa shape index (κ3) is 2.31. The molecular formula is C12H16N2O3. The fourth-order valence-corrected chi connectivity index (χ4v) is 1.75. The van der Waals surface area contributed by atoms with Crippen LogP contribution in [-0.2, 0) is 9.59 Å². The van der Waals surface area contributed by atoms with Crippen molar-refractivity contribution >= 4 is 17.8 Å². The molecule has 0 aliphatic carbocycles. The summed E-state index contributed by atoms with van der Waals surface area (Å²) in [7, 11) is 0. The maximum absolute atomic E-state index is 12.1. The molecule has 0 aromatic rings. The van der Waals surface area contributed by atoms with Gasteiger partial charge in [-0.1, -0.05) is 19.3 Å². The first-order chi connectivity index (χ1) is 7.85. The molecule has 0 radical (unpaired) electrons. The number of nitrogens with one attached hydrogen (secondary N) is 1. The standard InChI is InChI=1S/C12H16N2O3/c1-5-7-8-9(15)13-11(17)14(10(8)16)12(3,4)6-2/h2,8H,5,7H2,1,3-4H3,(H,13,15,17). The summed E-state index contributed by atoms with van der Waals surface area (Å²) in [5.41, 5.74) is -1.03. The van der Waals surface area contributed by atoms with Crippen molar-refractivity contribution in [3.63, 3.8) is 0 Å². The van der Waals surface area contributed by atoms with Crippen LogP contribution in [0, 0.1) is 18.3 Å². The Balaban J connectivity index is 3.07. The topological polar surface area (TPSA) is 66.5 Å². The number of barbiturate groups is 1. The first-order valence-corrected chi connectivity index (χ1v) is 5.51. The predicted molar refractivity (Wildman–Crippen MR) is 61.7 cm³/mol. The van der Waals surface area contributed by atoms with Crippen molar-refractivity contribution in [2.24, 2.45) is 5.92 Å². The summed E-state index contributed by atoms with van der Waals surface area (Å²) in [6, 6.07) is -0.740. The van der Waals surface area contributed by atoms with Gasteiger partial charge >= 0.3 is 6.03 Å². The molecule has 1 atom stereocenters. The first-order valence-electron chi connectivity index (χ1n) is 5.51. The lowest BCUT2D eigenvalue weighted by atomic mass is 9.95. The van der Waals surface area contributed by atoms with Crippen LogP contribution in [0.2, 0.25) is 0 Å². The molecule has 1 fully saturated rings. The second kappa shape index (κ2) is 4.58. The predicted octanol–water partition coefficient (Wildman–Crippen LogP) is 0.893. The Kier molecular flexibility index (Phi) is 3.56. The van der Waals surface area contributed by atoms with Crippen LogP contribution in [0.15, 0.2) is 0 Å². The molecule has 17 heavy (non-hydrogen) atoms. The van der Waals surface area contributed by atoms with E-state index >= 15 is 0 Å². The van der Waals surface area contributed by atoms with Gasteiger partial charge in [-0.05, 0) is 20.3 Å². The second-order valence-corrected chi connectivity index (χ2v) is 4.51. The highest BCUT2D eigenvalue weighted by Crippen LogP contribution is 2.23. The summed E-state index contributed by atoms with van der Waals surface area (Å²) in [6.45, 7) is 5.04. The number of hydrogen-bond donors (Lipinski definition) is 1. The summed E-state index contributed by atoms with van der Waals surface area (Å²) in [6.07, 6.45) is 6.40. The molecule has 1 aliphatic heterocycles. The molecule has 1 unspecified atom stereocenters. The maximum Gasteiger partial charge on any atom is 0.332 e. The quantitative estimate of drug-likeness (QED) is 0.584. The molecule has 0 aromatic carbocycles. The molecule has 0 saturated carbocycles. The van der Waals surface area contributed by atoms with Crippen LogP contribution in [0.25, 0.3) is 0 Å². The Morgan fingerprint density at radius 3 is 2.47 bits per heavy atom. The van der Waals surface area contributed by atoms with Crippen molar-refractivity contribution in [3.05, 3.63) is 0 Å². The summed E-state index contributed by atoms with van der Waals surface area (Å²) < 4.78 is 0. The van der Waals surface area contributed by atoms with Gasteiger partial charge in [-0.2, -0.15) is 0 Å². The Morgan fingerprint density at radius 1 is 1.41 bits per heavy atom. The molecular weight excluding hydrogens is 220 g/mol. The molecule has 0 aromatic heterocycles. The first kappa shape index (κ1) is 13.2. The molecule has 4 amide bonds. The minimum Gasteiger partial charge on any atom is -0.277 e. The Labute approximate surface area is 101 Å². The van der Waals surface area contributed by atoms with E-state index in [0.29, 0.717) is 12.8 Å². The third-order valence-electron chi connectivity index (χ3n) is 2.76. The van der Waals surface area contributed by atoms with E-state index in [1.807, 2.05) is 6.92 Å².